The van der Waals surface area contributed by atoms with Gasteiger partial charge in [-0.15, -0.1) is 0 Å². The lowest BCUT2D eigenvalue weighted by molar-refractivity contribution is 0.414. The molecule has 0 saturated heterocycles. The smallest absolute Gasteiger partial charge is 0.244 e. The van der Waals surface area contributed by atoms with E-state index in [1.54, 1.807) is 50.5 Å². The first-order valence-corrected chi connectivity index (χ1v) is 10.4. The number of hydrogen-bond acceptors (Lipinski definition) is 5. The van der Waals surface area contributed by atoms with Crippen molar-refractivity contribution in [3.63, 3.8) is 0 Å². The van der Waals surface area contributed by atoms with E-state index >= 15 is 0 Å². The van der Waals surface area contributed by atoms with E-state index in [-0.39, 0.29) is 4.90 Å². The van der Waals surface area contributed by atoms with Gasteiger partial charge in [-0.25, -0.2) is 17.8 Å². The molecule has 3 rings (SSSR count). The monoisotopic (exact) mass is 403 g/mol. The van der Waals surface area contributed by atoms with Crippen molar-refractivity contribution in [2.24, 2.45) is 7.05 Å². The number of nitrogens with one attached hydrogen (secondary N) is 1. The first-order valence-electron chi connectivity index (χ1n) is 8.87. The minimum Gasteiger partial charge on any atom is -0.497 e. The average molecular weight is 404 g/mol. The zero-order valence-electron chi connectivity index (χ0n) is 16.9. The predicted octanol–water partition coefficient (Wildman–Crippen LogP) is 2.58. The Kier molecular flexibility index (Phi) is 5.31. The fraction of sp³-hybridized carbons (Fsp3) is 0.368. The number of ether oxygens (including phenoxy) is 1. The van der Waals surface area contributed by atoms with Gasteiger partial charge >= 0.3 is 0 Å². The fourth-order valence-corrected chi connectivity index (χ4v) is 4.99. The molecule has 0 fully saturated rings. The van der Waals surface area contributed by atoms with E-state index in [2.05, 4.69) is 14.9 Å². The van der Waals surface area contributed by atoms with E-state index in [0.717, 1.165) is 22.7 Å². The lowest BCUT2D eigenvalue weighted by Crippen LogP contribution is -2.28. The average Bonchev–Trinajstić information content (AvgIpc) is 3.14. The number of nitrogens with zero attached hydrogens (tertiary/aromatic N) is 4. The van der Waals surface area contributed by atoms with E-state index < -0.39 is 16.1 Å². The summed E-state index contributed by atoms with van der Waals surface area (Å²) in [4.78, 5) is 0.224. The number of hydrogen-bond donors (Lipinski definition) is 1. The van der Waals surface area contributed by atoms with Gasteiger partial charge in [-0.3, -0.25) is 4.68 Å². The molecule has 0 saturated carbocycles. The molecule has 0 amide bonds. The Bertz CT molecular complexity index is 1100. The standard InChI is InChI=1S/C19H25N5O3S/c1-12(22-28(25,26)19-13(2)21-23(5)15(19)4)18-11-20-24(14(18)3)16-7-9-17(27-6)10-8-16/h7-12,22H,1-6H3/t12-/m0/s1. The summed E-state index contributed by atoms with van der Waals surface area (Å²) in [6, 6.07) is 7.07. The highest BCUT2D eigenvalue weighted by molar-refractivity contribution is 7.89. The highest BCUT2D eigenvalue weighted by Gasteiger charge is 2.27. The maximum Gasteiger partial charge on any atom is 0.244 e. The molecule has 2 aromatic heterocycles. The molecule has 0 bridgehead atoms. The van der Waals surface area contributed by atoms with Crippen LogP contribution in [0, 0.1) is 20.8 Å². The molecule has 1 atom stereocenters. The van der Waals surface area contributed by atoms with E-state index in [0.29, 0.717) is 11.4 Å². The highest BCUT2D eigenvalue weighted by atomic mass is 32.2. The molecule has 1 N–H and O–H groups in total. The second-order valence-corrected chi connectivity index (χ2v) is 8.41. The Morgan fingerprint density at radius 2 is 1.75 bits per heavy atom. The minimum absolute atomic E-state index is 0.224. The number of aryl methyl sites for hydroxylation is 2. The molecule has 0 aliphatic carbocycles. The van der Waals surface area contributed by atoms with Crippen LogP contribution >= 0.6 is 0 Å². The largest absolute Gasteiger partial charge is 0.497 e. The van der Waals surface area contributed by atoms with E-state index in [4.69, 9.17) is 4.74 Å². The molecule has 0 unspecified atom stereocenters. The molecule has 8 nitrogen and oxygen atoms in total. The second kappa shape index (κ2) is 7.40. The van der Waals surface area contributed by atoms with Crippen molar-refractivity contribution in [2.75, 3.05) is 7.11 Å². The molecule has 2 heterocycles. The lowest BCUT2D eigenvalue weighted by Gasteiger charge is -2.15. The third-order valence-corrected chi connectivity index (χ3v) is 6.67. The Morgan fingerprint density at radius 3 is 2.29 bits per heavy atom. The molecule has 3 aromatic rings. The maximum absolute atomic E-state index is 12.9. The van der Waals surface area contributed by atoms with Crippen molar-refractivity contribution in [1.29, 1.82) is 0 Å². The van der Waals surface area contributed by atoms with Crippen molar-refractivity contribution >= 4 is 10.0 Å². The van der Waals surface area contributed by atoms with Gasteiger partial charge in [0.1, 0.15) is 10.6 Å². The van der Waals surface area contributed by atoms with Gasteiger partial charge in [-0.2, -0.15) is 10.2 Å². The Hall–Kier alpha value is -2.65. The summed E-state index contributed by atoms with van der Waals surface area (Å²) in [5, 5.41) is 8.63. The number of sulfonamides is 1. The summed E-state index contributed by atoms with van der Waals surface area (Å²) in [6.45, 7) is 7.16. The molecule has 150 valence electrons. The molecular formula is C19H25N5O3S. The lowest BCUT2D eigenvalue weighted by atomic mass is 10.1. The van der Waals surface area contributed by atoms with Crippen LogP contribution in [0.4, 0.5) is 0 Å². The number of methoxy groups -OCH3 is 1. The minimum atomic E-state index is -3.72. The first kappa shape index (κ1) is 20.1. The van der Waals surface area contributed by atoms with Gasteiger partial charge in [0, 0.05) is 24.3 Å². The SMILES string of the molecule is COc1ccc(-n2ncc([C@H](C)NS(=O)(=O)c3c(C)nn(C)c3C)c2C)cc1. The van der Waals surface area contributed by atoms with Crippen LogP contribution in [0.15, 0.2) is 35.4 Å². The molecule has 28 heavy (non-hydrogen) atoms. The molecule has 0 aliphatic rings. The molecule has 9 heteroatoms. The van der Waals surface area contributed by atoms with Gasteiger partial charge in [0.05, 0.1) is 30.4 Å². The number of aromatic nitrogens is 4. The summed E-state index contributed by atoms with van der Waals surface area (Å²) in [5.41, 5.74) is 3.62. The third kappa shape index (κ3) is 3.55. The van der Waals surface area contributed by atoms with E-state index in [9.17, 15) is 8.42 Å². The molecule has 0 radical (unpaired) electrons. The summed E-state index contributed by atoms with van der Waals surface area (Å²) >= 11 is 0. The van der Waals surface area contributed by atoms with Crippen molar-refractivity contribution in [3.05, 3.63) is 53.1 Å². The van der Waals surface area contributed by atoms with Crippen LogP contribution in [0.2, 0.25) is 0 Å². The zero-order valence-corrected chi connectivity index (χ0v) is 17.7. The van der Waals surface area contributed by atoms with Crippen LogP contribution in [0.3, 0.4) is 0 Å². The molecule has 1 aromatic carbocycles. The first-order chi connectivity index (χ1) is 13.2. The topological polar surface area (TPSA) is 91.0 Å². The van der Waals surface area contributed by atoms with Crippen LogP contribution in [0.25, 0.3) is 5.69 Å². The molecular weight excluding hydrogens is 378 g/mol. The van der Waals surface area contributed by atoms with Gasteiger partial charge in [-0.1, -0.05) is 0 Å². The second-order valence-electron chi connectivity index (χ2n) is 6.76. The summed E-state index contributed by atoms with van der Waals surface area (Å²) in [7, 11) is -0.369. The quantitative estimate of drug-likeness (QED) is 0.683. The van der Waals surface area contributed by atoms with Crippen LogP contribution < -0.4 is 9.46 Å². The van der Waals surface area contributed by atoms with E-state index in [1.165, 1.54) is 0 Å². The van der Waals surface area contributed by atoms with Gasteiger partial charge in [0.25, 0.3) is 0 Å². The normalized spacial score (nSPS) is 12.9. The number of benzene rings is 1. The van der Waals surface area contributed by atoms with Crippen LogP contribution in [0.1, 0.15) is 35.6 Å². The van der Waals surface area contributed by atoms with Gasteiger partial charge in [0.2, 0.25) is 10.0 Å². The van der Waals surface area contributed by atoms with Crippen molar-refractivity contribution in [1.82, 2.24) is 24.3 Å². The zero-order chi connectivity index (χ0) is 20.6. The summed E-state index contributed by atoms with van der Waals surface area (Å²) in [6.07, 6.45) is 1.69. The number of rotatable bonds is 6. The Balaban J connectivity index is 1.89. The van der Waals surface area contributed by atoms with Gasteiger partial charge < -0.3 is 4.74 Å². The molecule has 0 aliphatic heterocycles. The van der Waals surface area contributed by atoms with Crippen LogP contribution in [-0.2, 0) is 17.1 Å². The Morgan fingerprint density at radius 1 is 1.11 bits per heavy atom. The van der Waals surface area contributed by atoms with Crippen molar-refractivity contribution in [2.45, 2.75) is 38.6 Å². The van der Waals surface area contributed by atoms with Crippen molar-refractivity contribution < 1.29 is 13.2 Å². The van der Waals surface area contributed by atoms with Crippen LogP contribution in [0.5, 0.6) is 5.75 Å². The maximum atomic E-state index is 12.9. The van der Waals surface area contributed by atoms with Crippen molar-refractivity contribution in [3.8, 4) is 11.4 Å². The molecule has 0 spiro atoms. The van der Waals surface area contributed by atoms with Crippen LogP contribution in [-0.4, -0.2) is 35.1 Å². The van der Waals surface area contributed by atoms with E-state index in [1.807, 2.05) is 31.2 Å². The predicted molar refractivity (Wildman–Crippen MR) is 106 cm³/mol. The third-order valence-electron chi connectivity index (χ3n) is 4.87. The summed E-state index contributed by atoms with van der Waals surface area (Å²) < 4.78 is 37.1. The van der Waals surface area contributed by atoms with Gasteiger partial charge in [0.15, 0.2) is 0 Å². The fourth-order valence-electron chi connectivity index (χ4n) is 3.33. The highest BCUT2D eigenvalue weighted by Crippen LogP contribution is 2.25. The Labute approximate surface area is 165 Å². The summed E-state index contributed by atoms with van der Waals surface area (Å²) in [5.74, 6) is 0.761. The van der Waals surface area contributed by atoms with Gasteiger partial charge in [-0.05, 0) is 52.0 Å².